The molecule has 0 radical (unpaired) electrons. The van der Waals surface area contributed by atoms with Gasteiger partial charge in [0.1, 0.15) is 6.04 Å². The Bertz CT molecular complexity index is 796. The van der Waals surface area contributed by atoms with E-state index in [2.05, 4.69) is 27.7 Å². The molecule has 1 saturated heterocycles. The van der Waals surface area contributed by atoms with Gasteiger partial charge >= 0.3 is 0 Å². The van der Waals surface area contributed by atoms with Crippen molar-refractivity contribution >= 4 is 23.2 Å². The van der Waals surface area contributed by atoms with E-state index in [1.165, 1.54) is 4.88 Å². The molecule has 1 fully saturated rings. The SMILES string of the molecule is Cc1cccc(C(=O)NC(C(=O)N2CCN(Cc3cccs3)CC2)C(C)C)c1. The summed E-state index contributed by atoms with van der Waals surface area (Å²) in [6, 6.07) is 11.2. The van der Waals surface area contributed by atoms with Crippen LogP contribution in [0.3, 0.4) is 0 Å². The Morgan fingerprint density at radius 1 is 1.11 bits per heavy atom. The van der Waals surface area contributed by atoms with E-state index in [1.807, 2.05) is 43.9 Å². The first-order valence-corrected chi connectivity index (χ1v) is 10.7. The Morgan fingerprint density at radius 3 is 2.46 bits per heavy atom. The summed E-state index contributed by atoms with van der Waals surface area (Å²) in [5, 5.41) is 5.06. The second-order valence-corrected chi connectivity index (χ2v) is 8.78. The first kappa shape index (κ1) is 20.6. The first-order valence-electron chi connectivity index (χ1n) is 9.85. The fraction of sp³-hybridized carbons (Fsp3) is 0.455. The summed E-state index contributed by atoms with van der Waals surface area (Å²) in [6.07, 6.45) is 0. The van der Waals surface area contributed by atoms with Crippen LogP contribution in [0.1, 0.15) is 34.6 Å². The maximum Gasteiger partial charge on any atom is 0.251 e. The Hall–Kier alpha value is -2.18. The van der Waals surface area contributed by atoms with Crippen LogP contribution in [0.5, 0.6) is 0 Å². The molecule has 6 heteroatoms. The van der Waals surface area contributed by atoms with E-state index in [0.29, 0.717) is 18.7 Å². The smallest absolute Gasteiger partial charge is 0.251 e. The lowest BCUT2D eigenvalue weighted by atomic mass is 10.0. The molecule has 28 heavy (non-hydrogen) atoms. The summed E-state index contributed by atoms with van der Waals surface area (Å²) >= 11 is 1.77. The maximum atomic E-state index is 13.1. The Balaban J connectivity index is 1.58. The monoisotopic (exact) mass is 399 g/mol. The predicted octanol–water partition coefficient (Wildman–Crippen LogP) is 3.16. The average Bonchev–Trinajstić information content (AvgIpc) is 3.19. The number of carbonyl (C=O) groups is 2. The number of piperazine rings is 1. The highest BCUT2D eigenvalue weighted by atomic mass is 32.1. The lowest BCUT2D eigenvalue weighted by Crippen LogP contribution is -2.56. The summed E-state index contributed by atoms with van der Waals surface area (Å²) in [6.45, 7) is 9.98. The minimum Gasteiger partial charge on any atom is -0.340 e. The third kappa shape index (κ3) is 5.20. The van der Waals surface area contributed by atoms with Gasteiger partial charge in [0.25, 0.3) is 5.91 Å². The molecule has 2 heterocycles. The largest absolute Gasteiger partial charge is 0.340 e. The lowest BCUT2D eigenvalue weighted by Gasteiger charge is -2.37. The summed E-state index contributed by atoms with van der Waals surface area (Å²) in [4.78, 5) is 31.4. The molecular formula is C22H29N3O2S. The number of hydrogen-bond donors (Lipinski definition) is 1. The highest BCUT2D eigenvalue weighted by Gasteiger charge is 2.31. The van der Waals surface area contributed by atoms with Crippen LogP contribution in [0, 0.1) is 12.8 Å². The molecule has 1 atom stereocenters. The van der Waals surface area contributed by atoms with Crippen molar-refractivity contribution in [3.05, 3.63) is 57.8 Å². The van der Waals surface area contributed by atoms with Crippen LogP contribution in [0.4, 0.5) is 0 Å². The third-order valence-corrected chi connectivity index (χ3v) is 6.00. The van der Waals surface area contributed by atoms with E-state index in [1.54, 1.807) is 17.4 Å². The van der Waals surface area contributed by atoms with Crippen LogP contribution in [0.2, 0.25) is 0 Å². The van der Waals surface area contributed by atoms with Crippen molar-refractivity contribution in [2.75, 3.05) is 26.2 Å². The zero-order valence-corrected chi connectivity index (χ0v) is 17.7. The molecule has 150 valence electrons. The quantitative estimate of drug-likeness (QED) is 0.812. The molecule has 0 bridgehead atoms. The molecule has 2 amide bonds. The van der Waals surface area contributed by atoms with Crippen LogP contribution in [0.15, 0.2) is 41.8 Å². The van der Waals surface area contributed by atoms with Gasteiger partial charge in [0, 0.05) is 43.2 Å². The van der Waals surface area contributed by atoms with Gasteiger partial charge in [0.2, 0.25) is 5.91 Å². The summed E-state index contributed by atoms with van der Waals surface area (Å²) < 4.78 is 0. The number of aryl methyl sites for hydroxylation is 1. The number of nitrogens with one attached hydrogen (secondary N) is 1. The molecular weight excluding hydrogens is 370 g/mol. The molecule has 1 unspecified atom stereocenters. The first-order chi connectivity index (χ1) is 13.4. The van der Waals surface area contributed by atoms with Crippen LogP contribution >= 0.6 is 11.3 Å². The van der Waals surface area contributed by atoms with Gasteiger partial charge < -0.3 is 10.2 Å². The number of thiophene rings is 1. The number of carbonyl (C=O) groups excluding carboxylic acids is 2. The van der Waals surface area contributed by atoms with Gasteiger partial charge in [0.05, 0.1) is 0 Å². The van der Waals surface area contributed by atoms with Crippen LogP contribution in [0.25, 0.3) is 0 Å². The molecule has 1 aromatic carbocycles. The second kappa shape index (κ2) is 9.34. The number of amides is 2. The minimum absolute atomic E-state index is 0.0202. The van der Waals surface area contributed by atoms with E-state index >= 15 is 0 Å². The highest BCUT2D eigenvalue weighted by molar-refractivity contribution is 7.09. The fourth-order valence-corrected chi connectivity index (χ4v) is 4.22. The topological polar surface area (TPSA) is 52.7 Å². The van der Waals surface area contributed by atoms with Gasteiger partial charge in [-0.2, -0.15) is 0 Å². The molecule has 0 aliphatic carbocycles. The van der Waals surface area contributed by atoms with Crippen LogP contribution in [-0.2, 0) is 11.3 Å². The van der Waals surface area contributed by atoms with Crippen LogP contribution in [-0.4, -0.2) is 53.8 Å². The fourth-order valence-electron chi connectivity index (χ4n) is 3.47. The van der Waals surface area contributed by atoms with Crippen molar-refractivity contribution < 1.29 is 9.59 Å². The number of hydrogen-bond acceptors (Lipinski definition) is 4. The Kier molecular flexibility index (Phi) is 6.86. The molecule has 3 rings (SSSR count). The van der Waals surface area contributed by atoms with Crippen molar-refractivity contribution in [2.45, 2.75) is 33.4 Å². The Labute approximate surface area is 171 Å². The molecule has 5 nitrogen and oxygen atoms in total. The summed E-state index contributed by atoms with van der Waals surface area (Å²) in [5.41, 5.74) is 1.63. The zero-order chi connectivity index (χ0) is 20.1. The summed E-state index contributed by atoms with van der Waals surface area (Å²) in [7, 11) is 0. The molecule has 0 saturated carbocycles. The van der Waals surface area contributed by atoms with Crippen LogP contribution < -0.4 is 5.32 Å². The van der Waals surface area contributed by atoms with Gasteiger partial charge in [-0.1, -0.05) is 37.6 Å². The van der Waals surface area contributed by atoms with E-state index in [-0.39, 0.29) is 17.7 Å². The zero-order valence-electron chi connectivity index (χ0n) is 16.9. The molecule has 2 aromatic rings. The van der Waals surface area contributed by atoms with E-state index in [0.717, 1.165) is 25.2 Å². The van der Waals surface area contributed by atoms with Gasteiger partial charge in [-0.3, -0.25) is 14.5 Å². The van der Waals surface area contributed by atoms with Crippen molar-refractivity contribution in [3.63, 3.8) is 0 Å². The van der Waals surface area contributed by atoms with Crippen molar-refractivity contribution in [1.29, 1.82) is 0 Å². The molecule has 1 N–H and O–H groups in total. The van der Waals surface area contributed by atoms with Crippen molar-refractivity contribution in [3.8, 4) is 0 Å². The molecule has 1 aliphatic heterocycles. The number of rotatable bonds is 6. The molecule has 1 aliphatic rings. The number of nitrogens with zero attached hydrogens (tertiary/aromatic N) is 2. The van der Waals surface area contributed by atoms with Crippen molar-refractivity contribution in [2.24, 2.45) is 5.92 Å². The standard InChI is InChI=1S/C22H29N3O2S/c1-16(2)20(23-21(26)18-7-4-6-17(3)14-18)22(27)25-11-9-24(10-12-25)15-19-8-5-13-28-19/h4-8,13-14,16,20H,9-12,15H2,1-3H3,(H,23,26). The molecule has 0 spiro atoms. The van der Waals surface area contributed by atoms with Gasteiger partial charge in [-0.25, -0.2) is 0 Å². The highest BCUT2D eigenvalue weighted by Crippen LogP contribution is 2.15. The predicted molar refractivity (Wildman–Crippen MR) is 113 cm³/mol. The van der Waals surface area contributed by atoms with Crippen molar-refractivity contribution in [1.82, 2.24) is 15.1 Å². The maximum absolute atomic E-state index is 13.1. The van der Waals surface area contributed by atoms with Gasteiger partial charge in [-0.15, -0.1) is 11.3 Å². The Morgan fingerprint density at radius 2 is 1.86 bits per heavy atom. The second-order valence-electron chi connectivity index (χ2n) is 7.75. The molecule has 1 aromatic heterocycles. The van der Waals surface area contributed by atoms with E-state index in [9.17, 15) is 9.59 Å². The average molecular weight is 400 g/mol. The third-order valence-electron chi connectivity index (χ3n) is 5.14. The van der Waals surface area contributed by atoms with E-state index in [4.69, 9.17) is 0 Å². The van der Waals surface area contributed by atoms with E-state index < -0.39 is 6.04 Å². The number of benzene rings is 1. The normalized spacial score (nSPS) is 16.2. The van der Waals surface area contributed by atoms with Gasteiger partial charge in [0.15, 0.2) is 0 Å². The van der Waals surface area contributed by atoms with Gasteiger partial charge in [-0.05, 0) is 36.4 Å². The lowest BCUT2D eigenvalue weighted by molar-refractivity contribution is -0.136. The summed E-state index contributed by atoms with van der Waals surface area (Å²) in [5.74, 6) is -0.135. The minimum atomic E-state index is -0.503.